The fourth-order valence-electron chi connectivity index (χ4n) is 2.36. The number of carboxylic acid groups (broad SMARTS) is 2. The number of allylic oxidation sites excluding steroid dienone is 2. The number of hydrogen-bond acceptors (Lipinski definition) is 2. The minimum absolute atomic E-state index is 0.200. The lowest BCUT2D eigenvalue weighted by Gasteiger charge is -2.12. The van der Waals surface area contributed by atoms with Crippen LogP contribution >= 0.6 is 0 Å². The molecule has 0 saturated heterocycles. The quantitative estimate of drug-likeness (QED) is 0.766. The van der Waals surface area contributed by atoms with E-state index >= 15 is 0 Å². The monoisotopic (exact) mass is 266 g/mol. The van der Waals surface area contributed by atoms with Crippen molar-refractivity contribution < 1.29 is 19.8 Å². The Hall–Kier alpha value is -1.58. The van der Waals surface area contributed by atoms with Crippen LogP contribution < -0.4 is 0 Å². The Kier molecular flexibility index (Phi) is 6.33. The van der Waals surface area contributed by atoms with Crippen LogP contribution in [0.25, 0.3) is 0 Å². The molecule has 4 nitrogen and oxygen atoms in total. The van der Waals surface area contributed by atoms with Crippen LogP contribution in [0.4, 0.5) is 0 Å². The molecule has 0 aromatic carbocycles. The van der Waals surface area contributed by atoms with Crippen LogP contribution in [0.15, 0.2) is 22.8 Å². The maximum Gasteiger partial charge on any atom is 0.331 e. The van der Waals surface area contributed by atoms with Gasteiger partial charge in [0.2, 0.25) is 0 Å². The predicted octanol–water partition coefficient (Wildman–Crippen LogP) is 3.53. The van der Waals surface area contributed by atoms with E-state index < -0.39 is 11.9 Å². The van der Waals surface area contributed by atoms with Crippen molar-refractivity contribution in [1.29, 1.82) is 0 Å². The summed E-state index contributed by atoms with van der Waals surface area (Å²) in [5, 5.41) is 18.2. The first-order valence-electron chi connectivity index (χ1n) is 6.89. The molecule has 4 heteroatoms. The summed E-state index contributed by atoms with van der Waals surface area (Å²) in [6, 6.07) is 0. The normalized spacial score (nSPS) is 22.9. The Bertz CT molecular complexity index is 404. The number of carboxylic acids is 2. The zero-order valence-electron chi connectivity index (χ0n) is 11.4. The largest absolute Gasteiger partial charge is 0.478 e. The molecule has 0 amide bonds. The molecule has 0 saturated carbocycles. The SMILES string of the molecule is CC(=C/C1=C(\C(=O)O)CCCCCCCC1)C(=O)O. The van der Waals surface area contributed by atoms with Gasteiger partial charge in [0.25, 0.3) is 0 Å². The predicted molar refractivity (Wildman–Crippen MR) is 73.0 cm³/mol. The molecule has 1 aliphatic rings. The van der Waals surface area contributed by atoms with Crippen molar-refractivity contribution in [1.82, 2.24) is 0 Å². The summed E-state index contributed by atoms with van der Waals surface area (Å²) in [6.07, 6.45) is 8.99. The van der Waals surface area contributed by atoms with Crippen molar-refractivity contribution in [2.45, 2.75) is 58.3 Å². The Morgan fingerprint density at radius 2 is 1.47 bits per heavy atom. The second-order valence-electron chi connectivity index (χ2n) is 5.06. The van der Waals surface area contributed by atoms with Gasteiger partial charge in [0.05, 0.1) is 0 Å². The summed E-state index contributed by atoms with van der Waals surface area (Å²) >= 11 is 0. The standard InChI is InChI=1S/C15H22O4/c1-11(14(16)17)10-12-8-6-4-2-3-5-7-9-13(12)15(18)19/h10H,2-9H2,1H3,(H,16,17)(H,18,19)/b11-10?,13-12-. The maximum absolute atomic E-state index is 11.3. The van der Waals surface area contributed by atoms with E-state index in [0.29, 0.717) is 24.0 Å². The van der Waals surface area contributed by atoms with Gasteiger partial charge in [0.1, 0.15) is 0 Å². The van der Waals surface area contributed by atoms with Gasteiger partial charge in [-0.2, -0.15) is 0 Å². The van der Waals surface area contributed by atoms with Gasteiger partial charge in [-0.25, -0.2) is 9.59 Å². The van der Waals surface area contributed by atoms with Gasteiger partial charge in [-0.05, 0) is 44.3 Å². The fourth-order valence-corrected chi connectivity index (χ4v) is 2.36. The number of aliphatic carboxylic acids is 2. The first-order valence-corrected chi connectivity index (χ1v) is 6.89. The Morgan fingerprint density at radius 3 is 2.00 bits per heavy atom. The molecule has 0 radical (unpaired) electrons. The maximum atomic E-state index is 11.3. The average Bonchev–Trinajstić information content (AvgIpc) is 2.36. The molecule has 2 N–H and O–H groups in total. The highest BCUT2D eigenvalue weighted by Crippen LogP contribution is 2.24. The van der Waals surface area contributed by atoms with Crippen LogP contribution in [0, 0.1) is 0 Å². The molecule has 0 spiro atoms. The van der Waals surface area contributed by atoms with E-state index in [0.717, 1.165) is 32.1 Å². The Balaban J connectivity index is 3.05. The Morgan fingerprint density at radius 1 is 0.947 bits per heavy atom. The molecule has 0 fully saturated rings. The van der Waals surface area contributed by atoms with Crippen molar-refractivity contribution in [3.05, 3.63) is 22.8 Å². The third-order valence-corrected chi connectivity index (χ3v) is 3.50. The molecule has 0 bridgehead atoms. The van der Waals surface area contributed by atoms with E-state index in [1.54, 1.807) is 0 Å². The second-order valence-corrected chi connectivity index (χ2v) is 5.06. The van der Waals surface area contributed by atoms with Crippen molar-refractivity contribution in [2.75, 3.05) is 0 Å². The van der Waals surface area contributed by atoms with Crippen LogP contribution in [0.1, 0.15) is 58.3 Å². The highest BCUT2D eigenvalue weighted by Gasteiger charge is 2.15. The summed E-state index contributed by atoms with van der Waals surface area (Å²) in [4.78, 5) is 22.2. The third-order valence-electron chi connectivity index (χ3n) is 3.50. The lowest BCUT2D eigenvalue weighted by Crippen LogP contribution is -2.07. The Labute approximate surface area is 113 Å². The van der Waals surface area contributed by atoms with Gasteiger partial charge < -0.3 is 10.2 Å². The van der Waals surface area contributed by atoms with Crippen molar-refractivity contribution >= 4 is 11.9 Å². The first kappa shape index (κ1) is 15.5. The van der Waals surface area contributed by atoms with Gasteiger partial charge in [-0.1, -0.05) is 25.7 Å². The third kappa shape index (κ3) is 5.28. The molecule has 0 heterocycles. The molecule has 19 heavy (non-hydrogen) atoms. The first-order chi connectivity index (χ1) is 9.02. The van der Waals surface area contributed by atoms with Crippen LogP contribution in [0.5, 0.6) is 0 Å². The topological polar surface area (TPSA) is 74.6 Å². The number of carbonyl (C=O) groups is 2. The molecule has 0 aromatic heterocycles. The van der Waals surface area contributed by atoms with E-state index in [1.165, 1.54) is 19.4 Å². The summed E-state index contributed by atoms with van der Waals surface area (Å²) in [7, 11) is 0. The zero-order chi connectivity index (χ0) is 14.3. The van der Waals surface area contributed by atoms with Gasteiger partial charge in [0.15, 0.2) is 0 Å². The van der Waals surface area contributed by atoms with Crippen LogP contribution in [0.2, 0.25) is 0 Å². The molecule has 0 unspecified atom stereocenters. The molecule has 106 valence electrons. The van der Waals surface area contributed by atoms with Crippen molar-refractivity contribution in [2.24, 2.45) is 0 Å². The smallest absolute Gasteiger partial charge is 0.331 e. The molecular weight excluding hydrogens is 244 g/mol. The molecule has 0 aliphatic heterocycles. The summed E-state index contributed by atoms with van der Waals surface area (Å²) in [5.41, 5.74) is 1.28. The van der Waals surface area contributed by atoms with Gasteiger partial charge in [-0.3, -0.25) is 0 Å². The molecule has 1 rings (SSSR count). The minimum atomic E-state index is -0.991. The highest BCUT2D eigenvalue weighted by molar-refractivity contribution is 5.90. The average molecular weight is 266 g/mol. The van der Waals surface area contributed by atoms with E-state index in [1.807, 2.05) is 0 Å². The van der Waals surface area contributed by atoms with E-state index in [2.05, 4.69) is 0 Å². The molecular formula is C15H22O4. The fraction of sp³-hybridized carbons (Fsp3) is 0.600. The van der Waals surface area contributed by atoms with Gasteiger partial charge in [0, 0.05) is 11.1 Å². The molecule has 0 atom stereocenters. The van der Waals surface area contributed by atoms with Crippen LogP contribution in [-0.2, 0) is 9.59 Å². The lowest BCUT2D eigenvalue weighted by atomic mass is 9.93. The van der Waals surface area contributed by atoms with Gasteiger partial charge in [-0.15, -0.1) is 0 Å². The minimum Gasteiger partial charge on any atom is -0.478 e. The van der Waals surface area contributed by atoms with Crippen molar-refractivity contribution in [3.8, 4) is 0 Å². The molecule has 0 aromatic rings. The van der Waals surface area contributed by atoms with E-state index in [-0.39, 0.29) is 5.57 Å². The van der Waals surface area contributed by atoms with Crippen molar-refractivity contribution in [3.63, 3.8) is 0 Å². The highest BCUT2D eigenvalue weighted by atomic mass is 16.4. The zero-order valence-corrected chi connectivity index (χ0v) is 11.4. The second kappa shape index (κ2) is 7.77. The summed E-state index contributed by atoms with van der Waals surface area (Å²) < 4.78 is 0. The van der Waals surface area contributed by atoms with Crippen LogP contribution in [0.3, 0.4) is 0 Å². The summed E-state index contributed by atoms with van der Waals surface area (Å²) in [5.74, 6) is -1.90. The summed E-state index contributed by atoms with van der Waals surface area (Å²) in [6.45, 7) is 1.51. The molecule has 1 aliphatic carbocycles. The van der Waals surface area contributed by atoms with E-state index in [9.17, 15) is 14.7 Å². The lowest BCUT2D eigenvalue weighted by molar-refractivity contribution is -0.133. The van der Waals surface area contributed by atoms with E-state index in [4.69, 9.17) is 5.11 Å². The number of hydrogen-bond donors (Lipinski definition) is 2. The number of rotatable bonds is 3. The van der Waals surface area contributed by atoms with Crippen LogP contribution in [-0.4, -0.2) is 22.2 Å². The van der Waals surface area contributed by atoms with Gasteiger partial charge >= 0.3 is 11.9 Å².